The molecule has 1 fully saturated rings. The summed E-state index contributed by atoms with van der Waals surface area (Å²) in [5.41, 5.74) is 0.915. The lowest BCUT2D eigenvalue weighted by molar-refractivity contribution is -0.124. The highest BCUT2D eigenvalue weighted by molar-refractivity contribution is 7.18. The number of ketones is 1. The van der Waals surface area contributed by atoms with Crippen LogP contribution in [0.1, 0.15) is 42.5 Å². The van der Waals surface area contributed by atoms with Crippen molar-refractivity contribution in [1.82, 2.24) is 9.55 Å². The number of Topliss-reactive ketones (excluding diaryl/α,β-unsaturated/α-hetero) is 1. The van der Waals surface area contributed by atoms with Crippen molar-refractivity contribution in [1.29, 1.82) is 0 Å². The summed E-state index contributed by atoms with van der Waals surface area (Å²) in [6.07, 6.45) is 6.96. The second-order valence-electron chi connectivity index (χ2n) is 5.94. The standard InChI is InChI=1S/C16H20N2O2S/c1-10-11(2)21-15-14(10)16(20)18(9-17-15)8-13(19)12-6-4-3-5-7-12/h9,12H,3-8H2,1-2H3. The van der Waals surface area contributed by atoms with Gasteiger partial charge in [0.25, 0.3) is 5.56 Å². The van der Waals surface area contributed by atoms with E-state index >= 15 is 0 Å². The molecule has 4 nitrogen and oxygen atoms in total. The summed E-state index contributed by atoms with van der Waals surface area (Å²) in [6.45, 7) is 4.12. The maximum Gasteiger partial charge on any atom is 0.262 e. The van der Waals surface area contributed by atoms with E-state index in [1.54, 1.807) is 0 Å². The van der Waals surface area contributed by atoms with Crippen LogP contribution in [0.4, 0.5) is 0 Å². The number of nitrogens with zero attached hydrogens (tertiary/aromatic N) is 2. The zero-order valence-electron chi connectivity index (χ0n) is 12.5. The molecule has 0 spiro atoms. The Labute approximate surface area is 127 Å². The summed E-state index contributed by atoms with van der Waals surface area (Å²) < 4.78 is 1.48. The summed E-state index contributed by atoms with van der Waals surface area (Å²) in [5.74, 6) is 0.314. The molecule has 0 bridgehead atoms. The smallest absolute Gasteiger partial charge is 0.262 e. The Morgan fingerprint density at radius 3 is 2.76 bits per heavy atom. The van der Waals surface area contributed by atoms with Crippen LogP contribution in [0, 0.1) is 19.8 Å². The Bertz CT molecular complexity index is 739. The Balaban J connectivity index is 1.90. The van der Waals surface area contributed by atoms with Crippen LogP contribution in [0.2, 0.25) is 0 Å². The lowest BCUT2D eigenvalue weighted by atomic mass is 9.86. The predicted molar refractivity (Wildman–Crippen MR) is 84.9 cm³/mol. The maximum atomic E-state index is 12.6. The average Bonchev–Trinajstić information content (AvgIpc) is 2.79. The molecule has 0 amide bonds. The van der Waals surface area contributed by atoms with Crippen molar-refractivity contribution in [2.75, 3.05) is 0 Å². The van der Waals surface area contributed by atoms with Gasteiger partial charge >= 0.3 is 0 Å². The third-order valence-electron chi connectivity index (χ3n) is 4.54. The van der Waals surface area contributed by atoms with Crippen LogP contribution in [0.5, 0.6) is 0 Å². The number of hydrogen-bond acceptors (Lipinski definition) is 4. The highest BCUT2D eigenvalue weighted by atomic mass is 32.1. The number of rotatable bonds is 3. The van der Waals surface area contributed by atoms with E-state index in [4.69, 9.17) is 0 Å². The van der Waals surface area contributed by atoms with Crippen LogP contribution >= 0.6 is 11.3 Å². The van der Waals surface area contributed by atoms with Crippen LogP contribution in [0.15, 0.2) is 11.1 Å². The number of aryl methyl sites for hydroxylation is 2. The van der Waals surface area contributed by atoms with E-state index in [1.165, 1.54) is 28.7 Å². The molecule has 2 aromatic heterocycles. The molecule has 1 aliphatic rings. The van der Waals surface area contributed by atoms with Gasteiger partial charge < -0.3 is 0 Å². The molecule has 0 N–H and O–H groups in total. The molecule has 0 aromatic carbocycles. The molecule has 0 radical (unpaired) electrons. The predicted octanol–water partition coefficient (Wildman–Crippen LogP) is 3.22. The van der Waals surface area contributed by atoms with Gasteiger partial charge in [0.1, 0.15) is 4.83 Å². The van der Waals surface area contributed by atoms with Gasteiger partial charge in [-0.15, -0.1) is 11.3 Å². The molecule has 0 aliphatic heterocycles. The zero-order chi connectivity index (χ0) is 15.0. The van der Waals surface area contributed by atoms with Gasteiger partial charge in [0.2, 0.25) is 0 Å². The van der Waals surface area contributed by atoms with E-state index in [-0.39, 0.29) is 23.8 Å². The third-order valence-corrected chi connectivity index (χ3v) is 5.66. The number of aromatic nitrogens is 2. The molecule has 1 aliphatic carbocycles. The van der Waals surface area contributed by atoms with Crippen molar-refractivity contribution in [3.05, 3.63) is 27.1 Å². The summed E-state index contributed by atoms with van der Waals surface area (Å²) in [4.78, 5) is 31.2. The average molecular weight is 304 g/mol. The normalized spacial score (nSPS) is 16.5. The summed E-state index contributed by atoms with van der Waals surface area (Å²) in [7, 11) is 0. The van der Waals surface area contributed by atoms with E-state index in [1.807, 2.05) is 13.8 Å². The number of carbonyl (C=O) groups excluding carboxylic acids is 1. The molecular weight excluding hydrogens is 284 g/mol. The van der Waals surface area contributed by atoms with E-state index in [0.29, 0.717) is 5.39 Å². The Hall–Kier alpha value is -1.49. The third kappa shape index (κ3) is 2.67. The van der Waals surface area contributed by atoms with Crippen molar-refractivity contribution in [2.45, 2.75) is 52.5 Å². The molecular formula is C16H20N2O2S. The molecule has 2 aromatic rings. The first-order valence-electron chi connectivity index (χ1n) is 7.56. The highest BCUT2D eigenvalue weighted by Crippen LogP contribution is 2.26. The number of fused-ring (bicyclic) bond motifs is 1. The summed E-state index contributed by atoms with van der Waals surface area (Å²) >= 11 is 1.54. The minimum absolute atomic E-state index is 0.0778. The molecule has 21 heavy (non-hydrogen) atoms. The number of carbonyl (C=O) groups is 1. The second kappa shape index (κ2) is 5.72. The van der Waals surface area contributed by atoms with Crippen molar-refractivity contribution in [2.24, 2.45) is 5.92 Å². The highest BCUT2D eigenvalue weighted by Gasteiger charge is 2.22. The molecule has 2 heterocycles. The number of thiophene rings is 1. The van der Waals surface area contributed by atoms with Crippen LogP contribution < -0.4 is 5.56 Å². The van der Waals surface area contributed by atoms with Crippen LogP contribution in [-0.4, -0.2) is 15.3 Å². The zero-order valence-corrected chi connectivity index (χ0v) is 13.3. The van der Waals surface area contributed by atoms with Crippen LogP contribution in [-0.2, 0) is 11.3 Å². The van der Waals surface area contributed by atoms with E-state index < -0.39 is 0 Å². The van der Waals surface area contributed by atoms with Crippen molar-refractivity contribution < 1.29 is 4.79 Å². The molecule has 0 unspecified atom stereocenters. The first kappa shape index (κ1) is 14.4. The minimum Gasteiger partial charge on any atom is -0.297 e. The fourth-order valence-electron chi connectivity index (χ4n) is 3.10. The molecule has 112 valence electrons. The summed E-state index contributed by atoms with van der Waals surface area (Å²) in [6, 6.07) is 0. The Kier molecular flexibility index (Phi) is 3.93. The Morgan fingerprint density at radius 1 is 1.33 bits per heavy atom. The van der Waals surface area contributed by atoms with Gasteiger partial charge in [-0.3, -0.25) is 14.2 Å². The van der Waals surface area contributed by atoms with Gasteiger partial charge in [-0.05, 0) is 32.3 Å². The van der Waals surface area contributed by atoms with Gasteiger partial charge in [-0.1, -0.05) is 19.3 Å². The molecule has 0 saturated heterocycles. The van der Waals surface area contributed by atoms with Crippen LogP contribution in [0.25, 0.3) is 10.2 Å². The van der Waals surface area contributed by atoms with Gasteiger partial charge in [0.15, 0.2) is 5.78 Å². The van der Waals surface area contributed by atoms with E-state index in [2.05, 4.69) is 4.98 Å². The number of hydrogen-bond donors (Lipinski definition) is 0. The quantitative estimate of drug-likeness (QED) is 0.875. The fourth-order valence-corrected chi connectivity index (χ4v) is 4.09. The van der Waals surface area contributed by atoms with Gasteiger partial charge in [-0.25, -0.2) is 4.98 Å². The van der Waals surface area contributed by atoms with E-state index in [9.17, 15) is 9.59 Å². The first-order chi connectivity index (χ1) is 10.1. The molecule has 0 atom stereocenters. The topological polar surface area (TPSA) is 52.0 Å². The molecule has 5 heteroatoms. The van der Waals surface area contributed by atoms with Gasteiger partial charge in [0, 0.05) is 10.8 Å². The lowest BCUT2D eigenvalue weighted by Gasteiger charge is -2.20. The van der Waals surface area contributed by atoms with Gasteiger partial charge in [-0.2, -0.15) is 0 Å². The summed E-state index contributed by atoms with van der Waals surface area (Å²) in [5, 5.41) is 0.677. The van der Waals surface area contributed by atoms with Crippen molar-refractivity contribution in [3.63, 3.8) is 0 Å². The Morgan fingerprint density at radius 2 is 2.05 bits per heavy atom. The first-order valence-corrected chi connectivity index (χ1v) is 8.37. The molecule has 1 saturated carbocycles. The fraction of sp³-hybridized carbons (Fsp3) is 0.562. The monoisotopic (exact) mass is 304 g/mol. The second-order valence-corrected chi connectivity index (χ2v) is 7.15. The lowest BCUT2D eigenvalue weighted by Crippen LogP contribution is -2.29. The van der Waals surface area contributed by atoms with Crippen LogP contribution in [0.3, 0.4) is 0 Å². The van der Waals surface area contributed by atoms with Crippen molar-refractivity contribution >= 4 is 27.3 Å². The van der Waals surface area contributed by atoms with Crippen molar-refractivity contribution in [3.8, 4) is 0 Å². The van der Waals surface area contributed by atoms with Gasteiger partial charge in [0.05, 0.1) is 18.3 Å². The molecule has 3 rings (SSSR count). The largest absolute Gasteiger partial charge is 0.297 e. The van der Waals surface area contributed by atoms with E-state index in [0.717, 1.165) is 41.0 Å². The minimum atomic E-state index is -0.0778. The maximum absolute atomic E-state index is 12.6. The SMILES string of the molecule is Cc1sc2ncn(CC(=O)C3CCCCC3)c(=O)c2c1C.